The number of nitrogens with zero attached hydrogens (tertiary/aromatic N) is 2. The van der Waals surface area contributed by atoms with Crippen molar-refractivity contribution in [3.8, 4) is 0 Å². The first-order valence-corrected chi connectivity index (χ1v) is 5.15. The van der Waals surface area contributed by atoms with E-state index in [0.29, 0.717) is 14.6 Å². The van der Waals surface area contributed by atoms with Gasteiger partial charge in [-0.25, -0.2) is 0 Å². The molecule has 7 heteroatoms. The molecule has 2 aromatic rings. The Bertz CT molecular complexity index is 523. The first kappa shape index (κ1) is 9.60. The number of nitrogens with one attached hydrogen (secondary N) is 1. The van der Waals surface area contributed by atoms with Crippen LogP contribution in [0.2, 0.25) is 0 Å². The van der Waals surface area contributed by atoms with E-state index >= 15 is 0 Å². The van der Waals surface area contributed by atoms with E-state index in [1.807, 2.05) is 0 Å². The van der Waals surface area contributed by atoms with Crippen molar-refractivity contribution in [3.63, 3.8) is 0 Å². The van der Waals surface area contributed by atoms with Crippen LogP contribution in [0.3, 0.4) is 0 Å². The van der Waals surface area contributed by atoms with E-state index in [9.17, 15) is 10.1 Å². The zero-order chi connectivity index (χ0) is 10.3. The van der Waals surface area contributed by atoms with Crippen molar-refractivity contribution in [3.05, 3.63) is 31.3 Å². The molecule has 0 atom stereocenters. The lowest BCUT2D eigenvalue weighted by Gasteiger charge is -1.94. The topological polar surface area (TPSA) is 71.8 Å². The Labute approximate surface area is 94.9 Å². The number of nitro benzene ring substituents is 1. The molecule has 1 N–H and O–H groups in total. The molecule has 0 spiro atoms. The maximum absolute atomic E-state index is 10.5. The second-order valence-electron chi connectivity index (χ2n) is 2.62. The lowest BCUT2D eigenvalue weighted by atomic mass is 10.2. The highest BCUT2D eigenvalue weighted by Gasteiger charge is 2.14. The van der Waals surface area contributed by atoms with E-state index in [4.69, 9.17) is 0 Å². The number of benzene rings is 1. The number of non-ortho nitro benzene ring substituents is 1. The second-order valence-corrected chi connectivity index (χ2v) is 4.26. The predicted octanol–water partition coefficient (Wildman–Crippen LogP) is 3.00. The summed E-state index contributed by atoms with van der Waals surface area (Å²) in [6.07, 6.45) is 0. The van der Waals surface area contributed by atoms with Crippen molar-refractivity contribution < 1.29 is 4.92 Å². The fraction of sp³-hybridized carbons (Fsp3) is 0. The van der Waals surface area contributed by atoms with Gasteiger partial charge in [-0.15, -0.1) is 0 Å². The van der Waals surface area contributed by atoms with E-state index in [1.54, 1.807) is 0 Å². The number of aromatic amines is 1. The first-order chi connectivity index (χ1) is 6.59. The standard InChI is InChI=1S/C7H3Br2N3O2/c8-4-1-3(12(13)14)2-5-6(4)7(9)11-10-5/h1-2H,(H,10,11). The van der Waals surface area contributed by atoms with Gasteiger partial charge in [0.15, 0.2) is 0 Å². The Balaban J connectivity index is 2.80. The van der Waals surface area contributed by atoms with Gasteiger partial charge in [-0.3, -0.25) is 15.2 Å². The van der Waals surface area contributed by atoms with E-state index in [2.05, 4.69) is 42.1 Å². The molecule has 0 saturated heterocycles. The SMILES string of the molecule is O=[N+]([O-])c1cc(Br)c2c(Br)[nH]nc2c1. The van der Waals surface area contributed by atoms with Gasteiger partial charge < -0.3 is 0 Å². The monoisotopic (exact) mass is 319 g/mol. The number of rotatable bonds is 1. The largest absolute Gasteiger partial charge is 0.272 e. The molecule has 5 nitrogen and oxygen atoms in total. The minimum Gasteiger partial charge on any atom is -0.270 e. The normalized spacial score (nSPS) is 10.7. The molecule has 0 radical (unpaired) electrons. The molecule has 1 heterocycles. The summed E-state index contributed by atoms with van der Waals surface area (Å²) in [6.45, 7) is 0. The number of H-pyrrole nitrogens is 1. The molecule has 2 rings (SSSR count). The molecule has 1 aromatic heterocycles. The smallest absolute Gasteiger partial charge is 0.270 e. The maximum Gasteiger partial charge on any atom is 0.272 e. The van der Waals surface area contributed by atoms with Crippen molar-refractivity contribution in [1.29, 1.82) is 0 Å². The Morgan fingerprint density at radius 1 is 1.43 bits per heavy atom. The van der Waals surface area contributed by atoms with Gasteiger partial charge in [0.2, 0.25) is 0 Å². The molecule has 72 valence electrons. The van der Waals surface area contributed by atoms with Gasteiger partial charge in [-0.1, -0.05) is 0 Å². The summed E-state index contributed by atoms with van der Waals surface area (Å²) in [7, 11) is 0. The van der Waals surface area contributed by atoms with Crippen LogP contribution in [0, 0.1) is 10.1 Å². The first-order valence-electron chi connectivity index (χ1n) is 3.57. The van der Waals surface area contributed by atoms with Crippen molar-refractivity contribution in [2.24, 2.45) is 0 Å². The third kappa shape index (κ3) is 1.42. The van der Waals surface area contributed by atoms with Gasteiger partial charge in [0.05, 0.1) is 4.92 Å². The van der Waals surface area contributed by atoms with Gasteiger partial charge in [0.1, 0.15) is 10.1 Å². The predicted molar refractivity (Wildman–Crippen MR) is 58.1 cm³/mol. The van der Waals surface area contributed by atoms with Crippen molar-refractivity contribution >= 4 is 48.5 Å². The van der Waals surface area contributed by atoms with Crippen LogP contribution in [0.15, 0.2) is 21.2 Å². The van der Waals surface area contributed by atoms with Crippen molar-refractivity contribution in [2.45, 2.75) is 0 Å². The second kappa shape index (κ2) is 3.32. The third-order valence-corrected chi connectivity index (χ3v) is 2.96. The maximum atomic E-state index is 10.5. The molecular weight excluding hydrogens is 318 g/mol. The Morgan fingerprint density at radius 3 is 2.79 bits per heavy atom. The molecule has 0 fully saturated rings. The zero-order valence-electron chi connectivity index (χ0n) is 6.62. The molecule has 0 aliphatic carbocycles. The van der Waals surface area contributed by atoms with Crippen LogP contribution in [0.1, 0.15) is 0 Å². The fourth-order valence-electron chi connectivity index (χ4n) is 1.15. The lowest BCUT2D eigenvalue weighted by Crippen LogP contribution is -1.87. The number of hydrogen-bond acceptors (Lipinski definition) is 3. The van der Waals surface area contributed by atoms with Gasteiger partial charge >= 0.3 is 0 Å². The molecule has 0 aliphatic rings. The van der Waals surface area contributed by atoms with Crippen molar-refractivity contribution in [2.75, 3.05) is 0 Å². The number of aromatic nitrogens is 2. The van der Waals surface area contributed by atoms with Crippen LogP contribution < -0.4 is 0 Å². The van der Waals surface area contributed by atoms with Gasteiger partial charge in [-0.05, 0) is 31.9 Å². The number of halogens is 2. The highest BCUT2D eigenvalue weighted by molar-refractivity contribution is 9.11. The molecule has 0 amide bonds. The van der Waals surface area contributed by atoms with E-state index < -0.39 is 4.92 Å². The molecular formula is C7H3Br2N3O2. The van der Waals surface area contributed by atoms with Crippen LogP contribution in [0.4, 0.5) is 5.69 Å². The van der Waals surface area contributed by atoms with Crippen LogP contribution in [0.25, 0.3) is 10.9 Å². The highest BCUT2D eigenvalue weighted by Crippen LogP contribution is 2.32. The van der Waals surface area contributed by atoms with Gasteiger partial charge in [-0.2, -0.15) is 5.10 Å². The van der Waals surface area contributed by atoms with E-state index in [-0.39, 0.29) is 5.69 Å². The summed E-state index contributed by atoms with van der Waals surface area (Å²) < 4.78 is 1.34. The van der Waals surface area contributed by atoms with Crippen LogP contribution in [-0.2, 0) is 0 Å². The van der Waals surface area contributed by atoms with E-state index in [0.717, 1.165) is 5.39 Å². The zero-order valence-corrected chi connectivity index (χ0v) is 9.79. The summed E-state index contributed by atoms with van der Waals surface area (Å²) in [4.78, 5) is 10.1. The van der Waals surface area contributed by atoms with Crippen LogP contribution in [-0.4, -0.2) is 15.1 Å². The van der Waals surface area contributed by atoms with Gasteiger partial charge in [0.25, 0.3) is 5.69 Å². The Morgan fingerprint density at radius 2 is 2.14 bits per heavy atom. The quantitative estimate of drug-likeness (QED) is 0.648. The molecule has 0 bridgehead atoms. The van der Waals surface area contributed by atoms with Crippen LogP contribution in [0.5, 0.6) is 0 Å². The molecule has 1 aromatic carbocycles. The van der Waals surface area contributed by atoms with E-state index in [1.165, 1.54) is 12.1 Å². The molecule has 0 unspecified atom stereocenters. The average molecular weight is 321 g/mol. The number of hydrogen-bond donors (Lipinski definition) is 1. The minimum absolute atomic E-state index is 0.0170. The number of nitro groups is 1. The Hall–Kier alpha value is -0.950. The van der Waals surface area contributed by atoms with Crippen molar-refractivity contribution in [1.82, 2.24) is 10.2 Å². The van der Waals surface area contributed by atoms with Gasteiger partial charge in [0, 0.05) is 22.0 Å². The summed E-state index contributed by atoms with van der Waals surface area (Å²) >= 11 is 6.51. The lowest BCUT2D eigenvalue weighted by molar-refractivity contribution is -0.384. The Kier molecular flexibility index (Phi) is 2.28. The average Bonchev–Trinajstić information content (AvgIpc) is 2.48. The fourth-order valence-corrected chi connectivity index (χ4v) is 2.56. The third-order valence-electron chi connectivity index (χ3n) is 1.76. The summed E-state index contributed by atoms with van der Waals surface area (Å²) in [5.41, 5.74) is 0.571. The highest BCUT2D eigenvalue weighted by atomic mass is 79.9. The summed E-state index contributed by atoms with van der Waals surface area (Å²) in [5, 5.41) is 18.0. The summed E-state index contributed by atoms with van der Waals surface area (Å²) in [5.74, 6) is 0. The molecule has 0 saturated carbocycles. The molecule has 0 aliphatic heterocycles. The minimum atomic E-state index is -0.452. The summed E-state index contributed by atoms with van der Waals surface area (Å²) in [6, 6.07) is 2.87. The molecule has 14 heavy (non-hydrogen) atoms. The van der Waals surface area contributed by atoms with Crippen LogP contribution >= 0.6 is 31.9 Å². The number of fused-ring (bicyclic) bond motifs is 1.